The number of nitrogens with one attached hydrogen (secondary N) is 3. The fraction of sp³-hybridized carbons (Fsp3) is 0.591. The van der Waals surface area contributed by atoms with Crippen LogP contribution in [0.25, 0.3) is 0 Å². The highest BCUT2D eigenvalue weighted by Gasteiger charge is 2.39. The van der Waals surface area contributed by atoms with E-state index in [9.17, 15) is 18.8 Å². The van der Waals surface area contributed by atoms with Gasteiger partial charge in [0.2, 0.25) is 17.7 Å². The molecule has 1 aromatic rings. The van der Waals surface area contributed by atoms with Crippen LogP contribution >= 0.6 is 0 Å². The van der Waals surface area contributed by atoms with Crippen LogP contribution in [0.2, 0.25) is 0 Å². The van der Waals surface area contributed by atoms with Gasteiger partial charge in [0.1, 0.15) is 17.9 Å². The van der Waals surface area contributed by atoms with Gasteiger partial charge in [0, 0.05) is 6.54 Å². The molecule has 0 aromatic heterocycles. The maximum absolute atomic E-state index is 14.0. The zero-order valence-corrected chi connectivity index (χ0v) is 18.1. The molecular weight excluding hydrogens is 401 g/mol. The number of amides is 3. The van der Waals surface area contributed by atoms with Gasteiger partial charge in [0.15, 0.2) is 0 Å². The van der Waals surface area contributed by atoms with Crippen molar-refractivity contribution in [2.45, 2.75) is 63.2 Å². The summed E-state index contributed by atoms with van der Waals surface area (Å²) < 4.78 is 14.0. The van der Waals surface area contributed by atoms with E-state index in [1.807, 2.05) is 6.07 Å². The number of rotatable bonds is 8. The van der Waals surface area contributed by atoms with Crippen LogP contribution in [0, 0.1) is 5.82 Å². The van der Waals surface area contributed by atoms with Crippen LogP contribution in [0.5, 0.6) is 0 Å². The molecule has 1 fully saturated rings. The average Bonchev–Trinajstić information content (AvgIpc) is 3.40. The first-order valence-electron chi connectivity index (χ1n) is 10.9. The Kier molecular flexibility index (Phi) is 7.61. The number of fused-ring (bicyclic) bond motifs is 1. The zero-order valence-electron chi connectivity index (χ0n) is 18.1. The fourth-order valence-electron chi connectivity index (χ4n) is 4.38. The predicted molar refractivity (Wildman–Crippen MR) is 114 cm³/mol. The van der Waals surface area contributed by atoms with E-state index in [2.05, 4.69) is 16.0 Å². The average molecular weight is 434 g/mol. The highest BCUT2D eigenvalue weighted by atomic mass is 19.1. The first-order valence-corrected chi connectivity index (χ1v) is 10.9. The molecule has 170 valence electrons. The number of hydrogen-bond acceptors (Lipinski definition) is 5. The number of carbonyl (C=O) groups excluding carboxylic acids is 3. The molecule has 3 rings (SSSR count). The summed E-state index contributed by atoms with van der Waals surface area (Å²) in [6.45, 7) is 2.39. The molecule has 1 aromatic carbocycles. The molecular formula is C22H32FN5O3. The summed E-state index contributed by atoms with van der Waals surface area (Å²) in [4.78, 5) is 40.0. The van der Waals surface area contributed by atoms with E-state index >= 15 is 0 Å². The molecule has 3 amide bonds. The van der Waals surface area contributed by atoms with Crippen LogP contribution in [0.3, 0.4) is 0 Å². The van der Waals surface area contributed by atoms with E-state index in [1.165, 1.54) is 6.07 Å². The molecule has 1 unspecified atom stereocenters. The Labute approximate surface area is 182 Å². The summed E-state index contributed by atoms with van der Waals surface area (Å²) in [5.74, 6) is -1.07. The Bertz CT molecular complexity index is 833. The van der Waals surface area contributed by atoms with E-state index < -0.39 is 18.1 Å². The van der Waals surface area contributed by atoms with Crippen molar-refractivity contribution in [2.24, 2.45) is 5.73 Å². The van der Waals surface area contributed by atoms with Crippen molar-refractivity contribution in [3.63, 3.8) is 0 Å². The van der Waals surface area contributed by atoms with Crippen molar-refractivity contribution >= 4 is 17.7 Å². The second-order valence-corrected chi connectivity index (χ2v) is 8.25. The molecule has 1 aliphatic carbocycles. The molecule has 31 heavy (non-hydrogen) atoms. The molecule has 0 saturated carbocycles. The minimum atomic E-state index is -0.775. The molecule has 0 bridgehead atoms. The van der Waals surface area contributed by atoms with Crippen LogP contribution in [-0.4, -0.2) is 60.9 Å². The number of benzene rings is 1. The monoisotopic (exact) mass is 433 g/mol. The van der Waals surface area contributed by atoms with Crippen molar-refractivity contribution in [1.82, 2.24) is 20.9 Å². The lowest BCUT2D eigenvalue weighted by atomic mass is 10.1. The maximum atomic E-state index is 14.0. The first-order chi connectivity index (χ1) is 14.9. The van der Waals surface area contributed by atoms with Crippen LogP contribution in [0.15, 0.2) is 18.2 Å². The maximum Gasteiger partial charge on any atom is 0.245 e. The molecule has 9 heteroatoms. The van der Waals surface area contributed by atoms with E-state index in [0.29, 0.717) is 44.2 Å². The molecule has 8 nitrogen and oxygen atoms in total. The lowest BCUT2D eigenvalue weighted by molar-refractivity contribution is -0.141. The highest BCUT2D eigenvalue weighted by molar-refractivity contribution is 5.93. The van der Waals surface area contributed by atoms with E-state index in [-0.39, 0.29) is 36.1 Å². The van der Waals surface area contributed by atoms with Gasteiger partial charge in [-0.3, -0.25) is 14.4 Å². The van der Waals surface area contributed by atoms with E-state index in [1.54, 1.807) is 24.9 Å². The Morgan fingerprint density at radius 3 is 2.77 bits per heavy atom. The standard InChI is InChI=1S/C22H32FN5O3/c1-13(25-2)20(29)27-18(10-11-24)22(31)28-12-4-7-19(28)21(30)26-17-9-8-14-15(17)5-3-6-16(14)23/h3,5-6,13,17-19,25H,4,7-12,24H2,1-2H3,(H,26,30)(H,27,29)/t13-,17?,18-,19-/m0/s1. The minimum absolute atomic E-state index is 0.236. The van der Waals surface area contributed by atoms with Gasteiger partial charge in [-0.1, -0.05) is 12.1 Å². The zero-order chi connectivity index (χ0) is 22.5. The van der Waals surface area contributed by atoms with Crippen molar-refractivity contribution in [1.29, 1.82) is 0 Å². The summed E-state index contributed by atoms with van der Waals surface area (Å²) in [6, 6.07) is 2.83. The van der Waals surface area contributed by atoms with Crippen molar-refractivity contribution < 1.29 is 18.8 Å². The van der Waals surface area contributed by atoms with Crippen LogP contribution in [0.4, 0.5) is 4.39 Å². The van der Waals surface area contributed by atoms with E-state index in [4.69, 9.17) is 5.73 Å². The quantitative estimate of drug-likeness (QED) is 0.472. The first kappa shape index (κ1) is 23.1. The van der Waals surface area contributed by atoms with Gasteiger partial charge in [-0.25, -0.2) is 4.39 Å². The van der Waals surface area contributed by atoms with E-state index in [0.717, 1.165) is 5.56 Å². The van der Waals surface area contributed by atoms with Crippen molar-refractivity contribution in [3.8, 4) is 0 Å². The van der Waals surface area contributed by atoms with Crippen molar-refractivity contribution in [2.75, 3.05) is 20.1 Å². The van der Waals surface area contributed by atoms with Gasteiger partial charge in [-0.2, -0.15) is 0 Å². The van der Waals surface area contributed by atoms with Gasteiger partial charge in [0.05, 0.1) is 12.1 Å². The second kappa shape index (κ2) is 10.2. The second-order valence-electron chi connectivity index (χ2n) is 8.25. The van der Waals surface area contributed by atoms with Gasteiger partial charge < -0.3 is 26.6 Å². The molecule has 0 radical (unpaired) electrons. The Hall–Kier alpha value is -2.52. The summed E-state index contributed by atoms with van der Waals surface area (Å²) in [5.41, 5.74) is 7.12. The normalized spacial score (nSPS) is 22.0. The Morgan fingerprint density at radius 1 is 1.29 bits per heavy atom. The summed E-state index contributed by atoms with van der Waals surface area (Å²) in [5, 5.41) is 8.60. The molecule has 1 saturated heterocycles. The Morgan fingerprint density at radius 2 is 2.06 bits per heavy atom. The third-order valence-electron chi connectivity index (χ3n) is 6.26. The SMILES string of the molecule is CN[C@@H](C)C(=O)N[C@@H](CCN)C(=O)N1CCC[C@H]1C(=O)NC1CCc2c(F)cccc21. The number of nitrogens with two attached hydrogens (primary N) is 1. The number of likely N-dealkylation sites (tertiary alicyclic amines) is 1. The number of halogens is 1. The topological polar surface area (TPSA) is 117 Å². The highest BCUT2D eigenvalue weighted by Crippen LogP contribution is 2.33. The van der Waals surface area contributed by atoms with Crippen LogP contribution < -0.4 is 21.7 Å². The number of likely N-dealkylation sites (N-methyl/N-ethyl adjacent to an activating group) is 1. The number of carbonyl (C=O) groups is 3. The molecule has 1 heterocycles. The van der Waals surface area contributed by atoms with Gasteiger partial charge in [0.25, 0.3) is 0 Å². The third kappa shape index (κ3) is 5.04. The lowest BCUT2D eigenvalue weighted by Crippen LogP contribution is -2.56. The number of nitrogens with zero attached hydrogens (tertiary/aromatic N) is 1. The van der Waals surface area contributed by atoms with Gasteiger partial charge >= 0.3 is 0 Å². The molecule has 2 aliphatic rings. The smallest absolute Gasteiger partial charge is 0.245 e. The molecule has 4 atom stereocenters. The minimum Gasteiger partial charge on any atom is -0.347 e. The van der Waals surface area contributed by atoms with Crippen LogP contribution in [0.1, 0.15) is 49.8 Å². The summed E-state index contributed by atoms with van der Waals surface area (Å²) >= 11 is 0. The largest absolute Gasteiger partial charge is 0.347 e. The summed E-state index contributed by atoms with van der Waals surface area (Å²) in [6.07, 6.45) is 2.76. The number of hydrogen-bond donors (Lipinski definition) is 4. The fourth-order valence-corrected chi connectivity index (χ4v) is 4.38. The molecule has 5 N–H and O–H groups in total. The lowest BCUT2D eigenvalue weighted by Gasteiger charge is -2.30. The van der Waals surface area contributed by atoms with Crippen molar-refractivity contribution in [3.05, 3.63) is 35.1 Å². The van der Waals surface area contributed by atoms with Crippen LogP contribution in [-0.2, 0) is 20.8 Å². The van der Waals surface area contributed by atoms with Gasteiger partial charge in [-0.05, 0) is 69.8 Å². The van der Waals surface area contributed by atoms with Gasteiger partial charge in [-0.15, -0.1) is 0 Å². The summed E-state index contributed by atoms with van der Waals surface area (Å²) in [7, 11) is 1.66. The third-order valence-corrected chi connectivity index (χ3v) is 6.26. The molecule has 0 spiro atoms. The predicted octanol–water partition coefficient (Wildman–Crippen LogP) is 0.362. The Balaban J connectivity index is 1.68. The molecule has 1 aliphatic heterocycles.